The van der Waals surface area contributed by atoms with Gasteiger partial charge in [-0.1, -0.05) is 25.1 Å². The number of anilines is 1. The first kappa shape index (κ1) is 31.0. The third-order valence-electron chi connectivity index (χ3n) is 8.97. The number of hydrogen-bond acceptors (Lipinski definition) is 9. The Balaban J connectivity index is 1.17. The van der Waals surface area contributed by atoms with Gasteiger partial charge in [0.15, 0.2) is 11.5 Å². The summed E-state index contributed by atoms with van der Waals surface area (Å²) in [4.78, 5) is 42.1. The lowest BCUT2D eigenvalue weighted by Gasteiger charge is -2.43. The molecular formula is C34H39N9O3. The van der Waals surface area contributed by atoms with Crippen molar-refractivity contribution in [2.75, 3.05) is 51.5 Å². The lowest BCUT2D eigenvalue weighted by molar-refractivity contribution is -0.133. The van der Waals surface area contributed by atoms with E-state index >= 15 is 0 Å². The van der Waals surface area contributed by atoms with Gasteiger partial charge in [-0.3, -0.25) is 18.8 Å². The van der Waals surface area contributed by atoms with E-state index in [9.17, 15) is 14.9 Å². The molecule has 6 rings (SSSR count). The number of imidazole rings is 1. The second-order valence-electron chi connectivity index (χ2n) is 12.4. The number of carbonyl (C=O) groups excluding carboxylic acids is 1. The third kappa shape index (κ3) is 6.11. The number of piperazine rings is 1. The van der Waals surface area contributed by atoms with Crippen molar-refractivity contribution in [2.45, 2.75) is 32.9 Å². The summed E-state index contributed by atoms with van der Waals surface area (Å²) in [7, 11) is 0. The minimum Gasteiger partial charge on any atom is -0.457 e. The maximum atomic E-state index is 13.8. The van der Waals surface area contributed by atoms with Crippen LogP contribution < -0.4 is 16.2 Å². The number of nitrogens with zero attached hydrogens (tertiary/aromatic N) is 8. The van der Waals surface area contributed by atoms with Crippen molar-refractivity contribution in [3.63, 3.8) is 0 Å². The molecule has 2 aromatic heterocycles. The Hall–Kier alpha value is -4.99. The number of ether oxygens (including phenoxy) is 1. The number of aromatic nitrogens is 4. The summed E-state index contributed by atoms with van der Waals surface area (Å²) < 4.78 is 9.01. The first-order chi connectivity index (χ1) is 22.2. The number of likely N-dealkylation sites (N-methyl/N-ethyl adjacent to an activating group) is 1. The van der Waals surface area contributed by atoms with Gasteiger partial charge in [0, 0.05) is 57.3 Å². The van der Waals surface area contributed by atoms with E-state index in [0.29, 0.717) is 48.0 Å². The van der Waals surface area contributed by atoms with Crippen molar-refractivity contribution < 1.29 is 9.53 Å². The smallest absolute Gasteiger partial charge is 0.335 e. The molecule has 0 aliphatic carbocycles. The van der Waals surface area contributed by atoms with Gasteiger partial charge < -0.3 is 20.3 Å². The summed E-state index contributed by atoms with van der Waals surface area (Å²) >= 11 is 0. The van der Waals surface area contributed by atoms with E-state index in [1.54, 1.807) is 39.8 Å². The van der Waals surface area contributed by atoms with Crippen molar-refractivity contribution in [3.05, 3.63) is 83.1 Å². The number of nitrogen functional groups attached to an aromatic ring is 1. The van der Waals surface area contributed by atoms with E-state index in [1.807, 2.05) is 30.3 Å². The Kier molecular flexibility index (Phi) is 8.62. The van der Waals surface area contributed by atoms with Crippen LogP contribution >= 0.6 is 0 Å². The summed E-state index contributed by atoms with van der Waals surface area (Å²) in [6.45, 7) is 12.2. The summed E-state index contributed by atoms with van der Waals surface area (Å²) in [5.74, 6) is 1.26. The number of rotatable bonds is 9. The molecule has 2 aliphatic rings. The van der Waals surface area contributed by atoms with E-state index < -0.39 is 5.54 Å². The van der Waals surface area contributed by atoms with Gasteiger partial charge in [0.25, 0.3) is 5.91 Å². The minimum atomic E-state index is -0.425. The van der Waals surface area contributed by atoms with Gasteiger partial charge in [-0.15, -0.1) is 0 Å². The van der Waals surface area contributed by atoms with Crippen LogP contribution in [0, 0.1) is 17.2 Å². The summed E-state index contributed by atoms with van der Waals surface area (Å²) in [5, 5.41) is 9.92. The lowest BCUT2D eigenvalue weighted by atomic mass is 9.95. The zero-order chi connectivity index (χ0) is 32.4. The lowest BCUT2D eigenvalue weighted by Crippen LogP contribution is -2.55. The van der Waals surface area contributed by atoms with Gasteiger partial charge in [0.2, 0.25) is 0 Å². The summed E-state index contributed by atoms with van der Waals surface area (Å²) in [5.41, 5.74) is 7.14. The number of carbonyl (C=O) groups is 1. The molecule has 2 aliphatic heterocycles. The topological polar surface area (TPSA) is 139 Å². The number of amides is 1. The second kappa shape index (κ2) is 12.8. The molecule has 0 atom stereocenters. The average molecular weight is 622 g/mol. The molecule has 2 saturated heterocycles. The highest BCUT2D eigenvalue weighted by Crippen LogP contribution is 2.28. The molecule has 2 aromatic carbocycles. The highest BCUT2D eigenvalue weighted by molar-refractivity contribution is 5.98. The van der Waals surface area contributed by atoms with Gasteiger partial charge >= 0.3 is 5.69 Å². The predicted octanol–water partition coefficient (Wildman–Crippen LogP) is 3.28. The van der Waals surface area contributed by atoms with Gasteiger partial charge in [-0.2, -0.15) is 5.26 Å². The maximum Gasteiger partial charge on any atom is 0.335 e. The maximum absolute atomic E-state index is 13.8. The first-order valence-electron chi connectivity index (χ1n) is 15.6. The molecule has 0 radical (unpaired) electrons. The Bertz CT molecular complexity index is 1840. The minimum absolute atomic E-state index is 0.00797. The first-order valence-corrected chi connectivity index (χ1v) is 15.6. The monoisotopic (exact) mass is 621 g/mol. The number of fused-ring (bicyclic) bond motifs is 1. The van der Waals surface area contributed by atoms with Crippen molar-refractivity contribution >= 4 is 22.9 Å². The zero-order valence-electron chi connectivity index (χ0n) is 26.5. The SMILES string of the molecule is CCN1CCN(C(C)(C)C=C(C#N)C(=O)N2CC(Cn3c(=O)n(-c4ccc(Oc5ccccc5)cc4)c4c(N)ncnc43)C2)CC1. The van der Waals surface area contributed by atoms with Gasteiger partial charge in [-0.25, -0.2) is 14.8 Å². The standard InChI is InChI=1S/C34H39N9O3/c1-4-39-14-16-41(17-15-39)34(2,3)18-25(19-35)32(44)40-20-24(21-40)22-42-31-29(30(36)37-23-38-31)43(33(42)45)26-10-12-28(13-11-26)46-27-8-6-5-7-9-27/h5-13,18,23-24H,4,14-17,20-22H2,1-3H3,(H2,36,37,38). The molecule has 0 saturated carbocycles. The normalized spacial score (nSPS) is 16.7. The van der Waals surface area contributed by atoms with Crippen LogP contribution in [0.1, 0.15) is 20.8 Å². The molecule has 2 fully saturated rings. The Morgan fingerprint density at radius 2 is 1.72 bits per heavy atom. The van der Waals surface area contributed by atoms with Gasteiger partial charge in [-0.05, 0) is 62.9 Å². The van der Waals surface area contributed by atoms with Crippen LogP contribution in [-0.2, 0) is 11.3 Å². The highest BCUT2D eigenvalue weighted by atomic mass is 16.5. The Morgan fingerprint density at radius 3 is 2.37 bits per heavy atom. The number of hydrogen-bond donors (Lipinski definition) is 1. The molecule has 0 bridgehead atoms. The van der Waals surface area contributed by atoms with Crippen LogP contribution in [0.4, 0.5) is 5.82 Å². The van der Waals surface area contributed by atoms with Crippen LogP contribution in [0.5, 0.6) is 11.5 Å². The van der Waals surface area contributed by atoms with E-state index in [4.69, 9.17) is 10.5 Å². The van der Waals surface area contributed by atoms with Gasteiger partial charge in [0.1, 0.15) is 35.0 Å². The van der Waals surface area contributed by atoms with Crippen LogP contribution in [0.25, 0.3) is 16.9 Å². The van der Waals surface area contributed by atoms with Crippen molar-refractivity contribution in [3.8, 4) is 23.3 Å². The predicted molar refractivity (Wildman–Crippen MR) is 176 cm³/mol. The number of likely N-dealkylation sites (tertiary alicyclic amines) is 1. The summed E-state index contributed by atoms with van der Waals surface area (Å²) in [6, 6.07) is 18.8. The number of nitriles is 1. The van der Waals surface area contributed by atoms with Crippen LogP contribution in [0.3, 0.4) is 0 Å². The zero-order valence-corrected chi connectivity index (χ0v) is 26.5. The quantitative estimate of drug-likeness (QED) is 0.220. The fourth-order valence-electron chi connectivity index (χ4n) is 6.30. The van der Waals surface area contributed by atoms with Crippen molar-refractivity contribution in [1.29, 1.82) is 5.26 Å². The fourth-order valence-corrected chi connectivity index (χ4v) is 6.30. The largest absolute Gasteiger partial charge is 0.457 e. The van der Waals surface area contributed by atoms with E-state index in [2.05, 4.69) is 46.6 Å². The van der Waals surface area contributed by atoms with Crippen molar-refractivity contribution in [2.24, 2.45) is 5.92 Å². The second-order valence-corrected chi connectivity index (χ2v) is 12.4. The van der Waals surface area contributed by atoms with Crippen molar-refractivity contribution in [1.82, 2.24) is 33.8 Å². The number of para-hydroxylation sites is 1. The van der Waals surface area contributed by atoms with Crippen LogP contribution in [-0.4, -0.2) is 91.1 Å². The van der Waals surface area contributed by atoms with Crippen LogP contribution in [0.15, 0.2) is 77.4 Å². The molecule has 12 heteroatoms. The third-order valence-corrected chi connectivity index (χ3v) is 8.97. The molecule has 4 heterocycles. The molecule has 238 valence electrons. The molecular weight excluding hydrogens is 582 g/mol. The molecule has 4 aromatic rings. The van der Waals surface area contributed by atoms with Crippen LogP contribution in [0.2, 0.25) is 0 Å². The molecule has 2 N–H and O–H groups in total. The number of nitrogens with two attached hydrogens (primary N) is 1. The molecule has 0 spiro atoms. The highest BCUT2D eigenvalue weighted by Gasteiger charge is 2.36. The molecule has 12 nitrogen and oxygen atoms in total. The number of benzene rings is 2. The fraction of sp³-hybridized carbons (Fsp3) is 0.382. The van der Waals surface area contributed by atoms with Gasteiger partial charge in [0.05, 0.1) is 5.69 Å². The van der Waals surface area contributed by atoms with E-state index in [0.717, 1.165) is 32.7 Å². The molecule has 1 amide bonds. The van der Waals surface area contributed by atoms with E-state index in [-0.39, 0.29) is 28.9 Å². The average Bonchev–Trinajstić information content (AvgIpc) is 3.33. The van der Waals surface area contributed by atoms with E-state index in [1.165, 1.54) is 10.9 Å². The Morgan fingerprint density at radius 1 is 1.04 bits per heavy atom. The summed E-state index contributed by atoms with van der Waals surface area (Å²) in [6.07, 6.45) is 3.15. The molecule has 46 heavy (non-hydrogen) atoms. The molecule has 0 unspecified atom stereocenters. The Labute approximate surface area is 267 Å².